The second-order valence-electron chi connectivity index (χ2n) is 10.7. The van der Waals surface area contributed by atoms with Crippen molar-refractivity contribution in [2.24, 2.45) is 11.3 Å². The molecular formula is C28H32N2O5. The number of ether oxygens (including phenoxy) is 1. The van der Waals surface area contributed by atoms with Crippen LogP contribution in [0.4, 0.5) is 4.79 Å². The van der Waals surface area contributed by atoms with E-state index in [1.54, 1.807) is 0 Å². The van der Waals surface area contributed by atoms with Gasteiger partial charge in [-0.25, -0.2) is 9.59 Å². The zero-order chi connectivity index (χ0) is 24.7. The Bertz CT molecular complexity index is 1110. The molecule has 2 atom stereocenters. The van der Waals surface area contributed by atoms with E-state index in [-0.39, 0.29) is 18.4 Å². The lowest BCUT2D eigenvalue weighted by Crippen LogP contribution is -2.54. The molecule has 35 heavy (non-hydrogen) atoms. The number of fused-ring (bicyclic) bond motifs is 3. The predicted molar refractivity (Wildman–Crippen MR) is 131 cm³/mol. The summed E-state index contributed by atoms with van der Waals surface area (Å²) < 4.78 is 5.66. The molecule has 2 aliphatic carbocycles. The van der Waals surface area contributed by atoms with E-state index < -0.39 is 29.6 Å². The fourth-order valence-corrected chi connectivity index (χ4v) is 5.69. The summed E-state index contributed by atoms with van der Waals surface area (Å²) >= 11 is 0. The number of alkyl carbamates (subject to hydrolysis) is 1. The van der Waals surface area contributed by atoms with Crippen molar-refractivity contribution in [2.75, 3.05) is 13.2 Å². The van der Waals surface area contributed by atoms with Crippen LogP contribution in [0.3, 0.4) is 0 Å². The number of carboxylic acids is 1. The standard InChI is InChI=1S/C28H32N2O5/c1-28(2)13-14-30(24(28)26(32)33)25(31)23(15-17-11-12-17)29-27(34)35-16-22-20-9-5-3-7-18(20)19-8-4-6-10-21(19)22/h3-10,17,22-24H,11-16H2,1-2H3,(H,29,34)(H,32,33)/t23-,24?/m0/s1. The van der Waals surface area contributed by atoms with Gasteiger partial charge < -0.3 is 20.1 Å². The van der Waals surface area contributed by atoms with Gasteiger partial charge >= 0.3 is 12.1 Å². The summed E-state index contributed by atoms with van der Waals surface area (Å²) in [5, 5.41) is 12.6. The summed E-state index contributed by atoms with van der Waals surface area (Å²) in [6.07, 6.45) is 2.51. The van der Waals surface area contributed by atoms with Gasteiger partial charge in [-0.2, -0.15) is 0 Å². The van der Waals surface area contributed by atoms with Crippen molar-refractivity contribution in [2.45, 2.75) is 57.5 Å². The van der Waals surface area contributed by atoms with Crippen LogP contribution in [0.25, 0.3) is 11.1 Å². The van der Waals surface area contributed by atoms with Crippen LogP contribution in [0.1, 0.15) is 56.6 Å². The number of carbonyl (C=O) groups excluding carboxylic acids is 2. The highest BCUT2D eigenvalue weighted by molar-refractivity contribution is 5.90. The van der Waals surface area contributed by atoms with E-state index in [0.29, 0.717) is 25.3 Å². The topological polar surface area (TPSA) is 95.9 Å². The number of carboxylic acid groups (broad SMARTS) is 1. The molecule has 2 fully saturated rings. The van der Waals surface area contributed by atoms with Crippen LogP contribution in [0.15, 0.2) is 48.5 Å². The highest BCUT2D eigenvalue weighted by Gasteiger charge is 2.49. The van der Waals surface area contributed by atoms with Crippen molar-refractivity contribution >= 4 is 18.0 Å². The summed E-state index contributed by atoms with van der Waals surface area (Å²) in [7, 11) is 0. The number of aliphatic carboxylic acids is 1. The molecule has 2 amide bonds. The van der Waals surface area contributed by atoms with Crippen LogP contribution in [-0.2, 0) is 14.3 Å². The maximum Gasteiger partial charge on any atom is 0.407 e. The minimum Gasteiger partial charge on any atom is -0.480 e. The van der Waals surface area contributed by atoms with Crippen molar-refractivity contribution in [3.05, 3.63) is 59.7 Å². The van der Waals surface area contributed by atoms with Crippen molar-refractivity contribution in [1.29, 1.82) is 0 Å². The van der Waals surface area contributed by atoms with Crippen molar-refractivity contribution in [3.8, 4) is 11.1 Å². The lowest BCUT2D eigenvalue weighted by atomic mass is 9.84. The molecule has 7 nitrogen and oxygen atoms in total. The van der Waals surface area contributed by atoms with Gasteiger partial charge in [-0.1, -0.05) is 75.2 Å². The quantitative estimate of drug-likeness (QED) is 0.617. The Labute approximate surface area is 205 Å². The molecule has 1 saturated carbocycles. The Hall–Kier alpha value is -3.35. The van der Waals surface area contributed by atoms with Crippen molar-refractivity contribution < 1.29 is 24.2 Å². The molecule has 1 unspecified atom stereocenters. The average Bonchev–Trinajstić information content (AvgIpc) is 3.51. The van der Waals surface area contributed by atoms with E-state index in [0.717, 1.165) is 35.1 Å². The number of nitrogens with one attached hydrogen (secondary N) is 1. The Morgan fingerprint density at radius 1 is 1.06 bits per heavy atom. The second-order valence-corrected chi connectivity index (χ2v) is 10.7. The molecule has 3 aliphatic rings. The maximum absolute atomic E-state index is 13.4. The van der Waals surface area contributed by atoms with Crippen LogP contribution >= 0.6 is 0 Å². The number of hydrogen-bond acceptors (Lipinski definition) is 4. The number of rotatable bonds is 7. The molecule has 2 N–H and O–H groups in total. The van der Waals surface area contributed by atoms with E-state index in [4.69, 9.17) is 4.74 Å². The summed E-state index contributed by atoms with van der Waals surface area (Å²) in [5.74, 6) is -1.03. The van der Waals surface area contributed by atoms with E-state index in [9.17, 15) is 19.5 Å². The normalized spacial score (nSPS) is 21.2. The number of carbonyl (C=O) groups is 3. The van der Waals surface area contributed by atoms with Crippen LogP contribution in [0, 0.1) is 11.3 Å². The van der Waals surface area contributed by atoms with Gasteiger partial charge in [0.2, 0.25) is 5.91 Å². The van der Waals surface area contributed by atoms with Gasteiger partial charge in [0.15, 0.2) is 0 Å². The van der Waals surface area contributed by atoms with Gasteiger partial charge in [0, 0.05) is 12.5 Å². The molecule has 0 aromatic heterocycles. The predicted octanol–water partition coefficient (Wildman–Crippen LogP) is 4.41. The van der Waals surface area contributed by atoms with Crippen LogP contribution in [-0.4, -0.2) is 53.2 Å². The third-order valence-electron chi connectivity index (χ3n) is 7.77. The second kappa shape index (κ2) is 9.02. The average molecular weight is 477 g/mol. The van der Waals surface area contributed by atoms with Gasteiger partial charge in [-0.05, 0) is 46.4 Å². The van der Waals surface area contributed by atoms with Crippen molar-refractivity contribution in [3.63, 3.8) is 0 Å². The highest BCUT2D eigenvalue weighted by atomic mass is 16.5. The van der Waals surface area contributed by atoms with Gasteiger partial charge in [0.25, 0.3) is 0 Å². The smallest absolute Gasteiger partial charge is 0.407 e. The molecule has 1 heterocycles. The first kappa shape index (κ1) is 23.4. The molecule has 184 valence electrons. The van der Waals surface area contributed by atoms with Crippen LogP contribution in [0.5, 0.6) is 0 Å². The van der Waals surface area contributed by atoms with Crippen molar-refractivity contribution in [1.82, 2.24) is 10.2 Å². The fourth-order valence-electron chi connectivity index (χ4n) is 5.69. The molecule has 0 spiro atoms. The Morgan fingerprint density at radius 3 is 2.23 bits per heavy atom. The van der Waals surface area contributed by atoms with E-state index in [1.165, 1.54) is 4.90 Å². The summed E-state index contributed by atoms with van der Waals surface area (Å²) in [6.45, 7) is 4.27. The maximum atomic E-state index is 13.4. The van der Waals surface area contributed by atoms with Crippen LogP contribution in [0.2, 0.25) is 0 Å². The third kappa shape index (κ3) is 4.51. The van der Waals surface area contributed by atoms with Gasteiger partial charge in [-0.15, -0.1) is 0 Å². The Balaban J connectivity index is 1.28. The molecule has 1 aliphatic heterocycles. The zero-order valence-corrected chi connectivity index (χ0v) is 20.2. The number of hydrogen-bond donors (Lipinski definition) is 2. The summed E-state index contributed by atoms with van der Waals surface area (Å²) in [5.41, 5.74) is 4.02. The summed E-state index contributed by atoms with van der Waals surface area (Å²) in [4.78, 5) is 39.7. The molecule has 7 heteroatoms. The van der Waals surface area contributed by atoms with Gasteiger partial charge in [0.05, 0.1) is 0 Å². The number of amides is 2. The SMILES string of the molecule is CC1(C)CCN(C(=O)[C@H](CC2CC2)NC(=O)OCC2c3ccccc3-c3ccccc32)C1C(=O)O. The minimum atomic E-state index is -1.01. The third-order valence-corrected chi connectivity index (χ3v) is 7.77. The monoisotopic (exact) mass is 476 g/mol. The van der Waals surface area contributed by atoms with E-state index in [1.807, 2.05) is 38.1 Å². The van der Waals surface area contributed by atoms with E-state index >= 15 is 0 Å². The fraction of sp³-hybridized carbons (Fsp3) is 0.464. The molecule has 5 rings (SSSR count). The minimum absolute atomic E-state index is 0.0681. The zero-order valence-electron chi connectivity index (χ0n) is 20.2. The first-order chi connectivity index (χ1) is 16.8. The first-order valence-electron chi connectivity index (χ1n) is 12.4. The molecule has 0 radical (unpaired) electrons. The Kier molecular flexibility index (Phi) is 6.03. The molecule has 1 saturated heterocycles. The van der Waals surface area contributed by atoms with Gasteiger partial charge in [-0.3, -0.25) is 4.79 Å². The highest BCUT2D eigenvalue weighted by Crippen LogP contribution is 2.44. The largest absolute Gasteiger partial charge is 0.480 e. The molecular weight excluding hydrogens is 444 g/mol. The molecule has 0 bridgehead atoms. The molecule has 2 aromatic rings. The number of nitrogens with zero attached hydrogens (tertiary/aromatic N) is 1. The van der Waals surface area contributed by atoms with Gasteiger partial charge in [0.1, 0.15) is 18.7 Å². The summed E-state index contributed by atoms with van der Waals surface area (Å²) in [6, 6.07) is 14.6. The Morgan fingerprint density at radius 2 is 1.66 bits per heavy atom. The lowest BCUT2D eigenvalue weighted by Gasteiger charge is -2.31. The van der Waals surface area contributed by atoms with E-state index in [2.05, 4.69) is 29.6 Å². The number of benzene rings is 2. The first-order valence-corrected chi connectivity index (χ1v) is 12.4. The van der Waals surface area contributed by atoms with Crippen LogP contribution < -0.4 is 5.32 Å². The molecule has 2 aromatic carbocycles. The number of likely N-dealkylation sites (tertiary alicyclic amines) is 1. The lowest BCUT2D eigenvalue weighted by molar-refractivity contribution is -0.152.